The zero-order valence-electron chi connectivity index (χ0n) is 6.99. The molecule has 0 bridgehead atoms. The molecule has 1 aromatic carbocycles. The normalized spacial score (nSPS) is 10.4. The minimum atomic E-state index is 0.748. The Morgan fingerprint density at radius 1 is 1.50 bits per heavy atom. The second-order valence-electron chi connectivity index (χ2n) is 2.47. The molecule has 0 unspecified atom stereocenters. The third-order valence-electron chi connectivity index (χ3n) is 1.50. The van der Waals surface area contributed by atoms with Gasteiger partial charge < -0.3 is 5.73 Å². The highest BCUT2D eigenvalue weighted by atomic mass is 14.8. The van der Waals surface area contributed by atoms with E-state index >= 15 is 0 Å². The zero-order valence-corrected chi connectivity index (χ0v) is 6.99. The van der Waals surface area contributed by atoms with Gasteiger partial charge in [0.2, 0.25) is 0 Å². The Balaban J connectivity index is 3.01. The predicted molar refractivity (Wildman–Crippen MR) is 53.3 cm³/mol. The molecule has 3 heteroatoms. The average Bonchev–Trinajstić information content (AvgIpc) is 2.03. The molecule has 0 saturated heterocycles. The molecule has 0 aliphatic heterocycles. The quantitative estimate of drug-likeness (QED) is 0.402. The first-order chi connectivity index (χ1) is 5.74. The van der Waals surface area contributed by atoms with E-state index in [-0.39, 0.29) is 0 Å². The second kappa shape index (κ2) is 3.67. The number of hydrogen-bond donors (Lipinski definition) is 1. The summed E-state index contributed by atoms with van der Waals surface area (Å²) in [6.07, 6.45) is 1.42. The molecule has 62 valence electrons. The third-order valence-corrected chi connectivity index (χ3v) is 1.50. The molecule has 0 atom stereocenters. The lowest BCUT2D eigenvalue weighted by molar-refractivity contribution is 1.40. The van der Waals surface area contributed by atoms with E-state index in [4.69, 9.17) is 5.73 Å². The van der Waals surface area contributed by atoms with Gasteiger partial charge in [-0.25, -0.2) is 4.99 Å². The number of rotatable bonds is 2. The first kappa shape index (κ1) is 8.46. The Hall–Kier alpha value is -1.64. The Labute approximate surface area is 71.7 Å². The van der Waals surface area contributed by atoms with Gasteiger partial charge in [-0.2, -0.15) is 0 Å². The van der Waals surface area contributed by atoms with Gasteiger partial charge in [-0.3, -0.25) is 4.99 Å². The fourth-order valence-corrected chi connectivity index (χ4v) is 0.927. The number of hydrogen-bond acceptors (Lipinski definition) is 2. The molecule has 1 aromatic rings. The molecule has 0 saturated carbocycles. The van der Waals surface area contributed by atoms with Gasteiger partial charge in [-0.05, 0) is 37.4 Å². The van der Waals surface area contributed by atoms with Gasteiger partial charge >= 0.3 is 0 Å². The highest BCUT2D eigenvalue weighted by Crippen LogP contribution is 2.19. The summed E-state index contributed by atoms with van der Waals surface area (Å²) in [7, 11) is 0. The van der Waals surface area contributed by atoms with Gasteiger partial charge in [0, 0.05) is 5.69 Å². The van der Waals surface area contributed by atoms with Crippen molar-refractivity contribution >= 4 is 24.4 Å². The van der Waals surface area contributed by atoms with Crippen LogP contribution < -0.4 is 5.73 Å². The molecule has 3 nitrogen and oxygen atoms in total. The highest BCUT2D eigenvalue weighted by molar-refractivity contribution is 5.68. The Morgan fingerprint density at radius 3 is 2.83 bits per heavy atom. The maximum absolute atomic E-state index is 5.57. The summed E-state index contributed by atoms with van der Waals surface area (Å²) < 4.78 is 0. The molecule has 0 aromatic heterocycles. The summed E-state index contributed by atoms with van der Waals surface area (Å²) >= 11 is 0. The van der Waals surface area contributed by atoms with E-state index in [0.717, 1.165) is 16.9 Å². The molecule has 0 spiro atoms. The van der Waals surface area contributed by atoms with E-state index in [0.29, 0.717) is 0 Å². The Morgan fingerprint density at radius 2 is 2.25 bits per heavy atom. The maximum atomic E-state index is 5.57. The number of aliphatic imine (C=N–C) groups is 2. The molecule has 0 heterocycles. The van der Waals surface area contributed by atoms with E-state index in [1.54, 1.807) is 0 Å². The van der Waals surface area contributed by atoms with Gasteiger partial charge in [0.1, 0.15) is 6.34 Å². The Kier molecular flexibility index (Phi) is 2.58. The van der Waals surface area contributed by atoms with E-state index in [1.807, 2.05) is 25.1 Å². The van der Waals surface area contributed by atoms with Crippen LogP contribution in [-0.2, 0) is 0 Å². The second-order valence-corrected chi connectivity index (χ2v) is 2.47. The lowest BCUT2D eigenvalue weighted by Crippen LogP contribution is -1.84. The van der Waals surface area contributed by atoms with Crippen molar-refractivity contribution in [1.82, 2.24) is 0 Å². The minimum absolute atomic E-state index is 0.748. The maximum Gasteiger partial charge on any atom is 0.115 e. The summed E-state index contributed by atoms with van der Waals surface area (Å²) in [5.74, 6) is 0. The lowest BCUT2D eigenvalue weighted by atomic mass is 10.2. The van der Waals surface area contributed by atoms with Crippen LogP contribution in [-0.4, -0.2) is 13.1 Å². The van der Waals surface area contributed by atoms with Crippen LogP contribution in [0.5, 0.6) is 0 Å². The van der Waals surface area contributed by atoms with Gasteiger partial charge in [-0.1, -0.05) is 0 Å². The van der Waals surface area contributed by atoms with Crippen molar-refractivity contribution in [1.29, 1.82) is 0 Å². The number of nitrogens with two attached hydrogens (primary N) is 1. The van der Waals surface area contributed by atoms with Crippen LogP contribution in [0.15, 0.2) is 28.2 Å². The zero-order chi connectivity index (χ0) is 8.97. The van der Waals surface area contributed by atoms with Crippen LogP contribution in [0, 0.1) is 6.92 Å². The van der Waals surface area contributed by atoms with Crippen molar-refractivity contribution in [3.05, 3.63) is 23.8 Å². The van der Waals surface area contributed by atoms with Crippen molar-refractivity contribution in [3.63, 3.8) is 0 Å². The van der Waals surface area contributed by atoms with Gasteiger partial charge in [0.05, 0.1) is 5.69 Å². The van der Waals surface area contributed by atoms with E-state index in [2.05, 4.69) is 16.7 Å². The van der Waals surface area contributed by atoms with Crippen molar-refractivity contribution < 1.29 is 0 Å². The summed E-state index contributed by atoms with van der Waals surface area (Å²) in [5, 5.41) is 0. The van der Waals surface area contributed by atoms with Crippen LogP contribution in [0.3, 0.4) is 0 Å². The summed E-state index contributed by atoms with van der Waals surface area (Å²) in [6.45, 7) is 5.25. The molecule has 1 rings (SSSR count). The topological polar surface area (TPSA) is 50.7 Å². The molecule has 12 heavy (non-hydrogen) atoms. The number of anilines is 1. The van der Waals surface area contributed by atoms with E-state index in [9.17, 15) is 0 Å². The molecule has 0 amide bonds. The number of nitrogen functional groups attached to an aromatic ring is 1. The van der Waals surface area contributed by atoms with Gasteiger partial charge in [0.25, 0.3) is 0 Å². The number of nitrogens with zero attached hydrogens (tertiary/aromatic N) is 2. The molecule has 0 aliphatic rings. The van der Waals surface area contributed by atoms with Crippen molar-refractivity contribution in [2.75, 3.05) is 5.73 Å². The standard InChI is InChI=1S/C9H11N3/c1-7-5-8(10)3-4-9(7)12-6-11-2/h3-6H,2,10H2,1H3/b12-6-. The number of benzene rings is 1. The van der Waals surface area contributed by atoms with Gasteiger partial charge in [0.15, 0.2) is 0 Å². The summed E-state index contributed by atoms with van der Waals surface area (Å²) in [4.78, 5) is 7.58. The van der Waals surface area contributed by atoms with Crippen LogP contribution in [0.4, 0.5) is 11.4 Å². The first-order valence-electron chi connectivity index (χ1n) is 3.58. The van der Waals surface area contributed by atoms with Crippen LogP contribution in [0.25, 0.3) is 0 Å². The van der Waals surface area contributed by atoms with Crippen LogP contribution >= 0.6 is 0 Å². The number of aryl methyl sites for hydroxylation is 1. The fraction of sp³-hybridized carbons (Fsp3) is 0.111. The molecule has 0 aliphatic carbocycles. The fourth-order valence-electron chi connectivity index (χ4n) is 0.927. The Bertz CT molecular complexity index is 316. The van der Waals surface area contributed by atoms with Crippen molar-refractivity contribution in [2.24, 2.45) is 9.98 Å². The third kappa shape index (κ3) is 1.92. The predicted octanol–water partition coefficient (Wildman–Crippen LogP) is 1.94. The van der Waals surface area contributed by atoms with Crippen molar-refractivity contribution in [3.8, 4) is 0 Å². The monoisotopic (exact) mass is 161 g/mol. The molecule has 0 radical (unpaired) electrons. The highest BCUT2D eigenvalue weighted by Gasteiger charge is 1.94. The summed E-state index contributed by atoms with van der Waals surface area (Å²) in [6, 6.07) is 5.53. The first-order valence-corrected chi connectivity index (χ1v) is 3.58. The molecular formula is C9H11N3. The largest absolute Gasteiger partial charge is 0.399 e. The average molecular weight is 161 g/mol. The van der Waals surface area contributed by atoms with E-state index in [1.165, 1.54) is 6.34 Å². The van der Waals surface area contributed by atoms with Crippen LogP contribution in [0.2, 0.25) is 0 Å². The smallest absolute Gasteiger partial charge is 0.115 e. The van der Waals surface area contributed by atoms with E-state index < -0.39 is 0 Å². The minimum Gasteiger partial charge on any atom is -0.399 e. The van der Waals surface area contributed by atoms with Crippen LogP contribution in [0.1, 0.15) is 5.56 Å². The SMILES string of the molecule is C=N/C=N\c1ccc(N)cc1C. The lowest BCUT2D eigenvalue weighted by Gasteiger charge is -1.99. The molecular weight excluding hydrogens is 150 g/mol. The van der Waals surface area contributed by atoms with Gasteiger partial charge in [-0.15, -0.1) is 0 Å². The molecule has 2 N–H and O–H groups in total. The molecule has 0 fully saturated rings. The summed E-state index contributed by atoms with van der Waals surface area (Å²) in [5.41, 5.74) is 8.23. The van der Waals surface area contributed by atoms with Crippen molar-refractivity contribution in [2.45, 2.75) is 6.92 Å².